The quantitative estimate of drug-likeness (QED) is 0.891. The van der Waals surface area contributed by atoms with E-state index in [0.29, 0.717) is 5.76 Å². The van der Waals surface area contributed by atoms with Crippen LogP contribution in [0.1, 0.15) is 44.0 Å². The predicted octanol–water partition coefficient (Wildman–Crippen LogP) is 3.71. The van der Waals surface area contributed by atoms with Gasteiger partial charge in [-0.1, -0.05) is 19.1 Å². The van der Waals surface area contributed by atoms with Crippen LogP contribution in [0.15, 0.2) is 40.8 Å². The zero-order valence-corrected chi connectivity index (χ0v) is 11.6. The van der Waals surface area contributed by atoms with E-state index in [1.165, 1.54) is 0 Å². The third-order valence-electron chi connectivity index (χ3n) is 2.85. The van der Waals surface area contributed by atoms with Crippen molar-refractivity contribution in [3.05, 3.63) is 53.5 Å². The van der Waals surface area contributed by atoms with Gasteiger partial charge < -0.3 is 14.3 Å². The lowest BCUT2D eigenvalue weighted by Crippen LogP contribution is -2.06. The normalized spacial score (nSPS) is 12.7. The first-order valence-corrected chi connectivity index (χ1v) is 6.63. The summed E-state index contributed by atoms with van der Waals surface area (Å²) >= 11 is 0. The van der Waals surface area contributed by atoms with Crippen molar-refractivity contribution in [3.63, 3.8) is 0 Å². The average molecular weight is 260 g/mol. The molecule has 1 heterocycles. The van der Waals surface area contributed by atoms with Crippen LogP contribution in [0.2, 0.25) is 0 Å². The highest BCUT2D eigenvalue weighted by molar-refractivity contribution is 5.33. The summed E-state index contributed by atoms with van der Waals surface area (Å²) in [7, 11) is 0. The van der Waals surface area contributed by atoms with E-state index in [1.807, 2.05) is 57.2 Å². The van der Waals surface area contributed by atoms with E-state index in [-0.39, 0.29) is 6.10 Å². The second-order valence-corrected chi connectivity index (χ2v) is 4.80. The second-order valence-electron chi connectivity index (χ2n) is 4.80. The van der Waals surface area contributed by atoms with Crippen molar-refractivity contribution in [1.82, 2.24) is 0 Å². The van der Waals surface area contributed by atoms with Crippen molar-refractivity contribution < 1.29 is 14.3 Å². The van der Waals surface area contributed by atoms with Crippen molar-refractivity contribution in [1.29, 1.82) is 0 Å². The van der Waals surface area contributed by atoms with Gasteiger partial charge in [0.05, 0.1) is 6.10 Å². The minimum Gasteiger partial charge on any atom is -0.491 e. The Morgan fingerprint density at radius 2 is 2.00 bits per heavy atom. The lowest BCUT2D eigenvalue weighted by molar-refractivity contribution is 0.185. The van der Waals surface area contributed by atoms with E-state index >= 15 is 0 Å². The van der Waals surface area contributed by atoms with Crippen molar-refractivity contribution in [2.75, 3.05) is 0 Å². The van der Waals surface area contributed by atoms with E-state index < -0.39 is 6.10 Å². The Kier molecular flexibility index (Phi) is 4.27. The molecule has 0 aliphatic carbocycles. The summed E-state index contributed by atoms with van der Waals surface area (Å²) in [6, 6.07) is 11.2. The molecule has 102 valence electrons. The van der Waals surface area contributed by atoms with Crippen molar-refractivity contribution >= 4 is 0 Å². The van der Waals surface area contributed by atoms with Crippen LogP contribution in [0.5, 0.6) is 5.75 Å². The molecule has 1 N–H and O–H groups in total. The van der Waals surface area contributed by atoms with Gasteiger partial charge in [0.2, 0.25) is 0 Å². The number of aliphatic hydroxyl groups is 1. The molecule has 0 fully saturated rings. The first-order valence-electron chi connectivity index (χ1n) is 6.63. The second kappa shape index (κ2) is 5.93. The van der Waals surface area contributed by atoms with Gasteiger partial charge in [0.15, 0.2) is 0 Å². The molecule has 0 aliphatic heterocycles. The summed E-state index contributed by atoms with van der Waals surface area (Å²) in [5, 5.41) is 10.3. The maximum atomic E-state index is 10.3. The SMILES string of the molecule is CCc1ccc(C(O)c2cccc(OC(C)C)c2)o1. The van der Waals surface area contributed by atoms with E-state index in [2.05, 4.69) is 0 Å². The molecule has 0 aliphatic rings. The number of aliphatic hydroxyl groups excluding tert-OH is 1. The molecule has 2 aromatic rings. The smallest absolute Gasteiger partial charge is 0.137 e. The molecule has 0 bridgehead atoms. The van der Waals surface area contributed by atoms with Crippen LogP contribution in [0, 0.1) is 0 Å². The fourth-order valence-electron chi connectivity index (χ4n) is 1.93. The predicted molar refractivity (Wildman–Crippen MR) is 74.4 cm³/mol. The van der Waals surface area contributed by atoms with Crippen LogP contribution in [0.3, 0.4) is 0 Å². The van der Waals surface area contributed by atoms with Crippen LogP contribution in [-0.4, -0.2) is 11.2 Å². The zero-order valence-electron chi connectivity index (χ0n) is 11.6. The molecular formula is C16H20O3. The number of benzene rings is 1. The Morgan fingerprint density at radius 3 is 2.63 bits per heavy atom. The summed E-state index contributed by atoms with van der Waals surface area (Å²) in [6.07, 6.45) is 0.183. The van der Waals surface area contributed by atoms with E-state index in [0.717, 1.165) is 23.5 Å². The molecule has 3 heteroatoms. The third-order valence-corrected chi connectivity index (χ3v) is 2.85. The first-order chi connectivity index (χ1) is 9.10. The molecule has 0 amide bonds. The Balaban J connectivity index is 2.20. The van der Waals surface area contributed by atoms with Gasteiger partial charge in [-0.05, 0) is 43.7 Å². The van der Waals surface area contributed by atoms with Crippen LogP contribution in [0.25, 0.3) is 0 Å². The fraction of sp³-hybridized carbons (Fsp3) is 0.375. The Hall–Kier alpha value is -1.74. The minimum atomic E-state index is -0.754. The third kappa shape index (κ3) is 3.38. The number of hydrogen-bond acceptors (Lipinski definition) is 3. The van der Waals surface area contributed by atoms with Gasteiger partial charge in [0.1, 0.15) is 23.4 Å². The van der Waals surface area contributed by atoms with Gasteiger partial charge >= 0.3 is 0 Å². The number of furan rings is 1. The van der Waals surface area contributed by atoms with Gasteiger partial charge in [0, 0.05) is 6.42 Å². The first kappa shape index (κ1) is 13.7. The minimum absolute atomic E-state index is 0.114. The van der Waals surface area contributed by atoms with Crippen molar-refractivity contribution in [3.8, 4) is 5.75 Å². The summed E-state index contributed by atoms with van der Waals surface area (Å²) in [4.78, 5) is 0. The van der Waals surface area contributed by atoms with Gasteiger partial charge in [-0.25, -0.2) is 0 Å². The number of ether oxygens (including phenoxy) is 1. The lowest BCUT2D eigenvalue weighted by atomic mass is 10.1. The molecule has 0 saturated carbocycles. The Labute approximate surface area is 113 Å². The highest BCUT2D eigenvalue weighted by Gasteiger charge is 2.15. The van der Waals surface area contributed by atoms with Crippen molar-refractivity contribution in [2.24, 2.45) is 0 Å². The summed E-state index contributed by atoms with van der Waals surface area (Å²) < 4.78 is 11.2. The Morgan fingerprint density at radius 1 is 1.21 bits per heavy atom. The fourth-order valence-corrected chi connectivity index (χ4v) is 1.93. The number of hydrogen-bond donors (Lipinski definition) is 1. The number of aryl methyl sites for hydroxylation is 1. The maximum absolute atomic E-state index is 10.3. The summed E-state index contributed by atoms with van der Waals surface area (Å²) in [6.45, 7) is 5.97. The Bertz CT molecular complexity index is 528. The molecule has 1 atom stereocenters. The molecule has 1 unspecified atom stereocenters. The molecule has 2 rings (SSSR count). The van der Waals surface area contributed by atoms with Crippen molar-refractivity contribution in [2.45, 2.75) is 39.4 Å². The summed E-state index contributed by atoms with van der Waals surface area (Å²) in [5.74, 6) is 2.20. The van der Waals surface area contributed by atoms with Crippen LogP contribution in [-0.2, 0) is 6.42 Å². The monoisotopic (exact) mass is 260 g/mol. The molecule has 0 saturated heterocycles. The zero-order chi connectivity index (χ0) is 13.8. The topological polar surface area (TPSA) is 42.6 Å². The standard InChI is InChI=1S/C16H20O3/c1-4-13-8-9-15(19-13)16(17)12-6-5-7-14(10-12)18-11(2)3/h5-11,16-17H,4H2,1-3H3. The average Bonchev–Trinajstić information content (AvgIpc) is 2.86. The van der Waals surface area contributed by atoms with Crippen LogP contribution in [0.4, 0.5) is 0 Å². The largest absolute Gasteiger partial charge is 0.491 e. The van der Waals surface area contributed by atoms with Gasteiger partial charge in [-0.2, -0.15) is 0 Å². The molecule has 19 heavy (non-hydrogen) atoms. The highest BCUT2D eigenvalue weighted by atomic mass is 16.5. The molecule has 1 aromatic heterocycles. The van der Waals surface area contributed by atoms with Gasteiger partial charge in [-0.15, -0.1) is 0 Å². The van der Waals surface area contributed by atoms with Crippen LogP contribution < -0.4 is 4.74 Å². The van der Waals surface area contributed by atoms with E-state index in [1.54, 1.807) is 0 Å². The van der Waals surface area contributed by atoms with E-state index in [9.17, 15) is 5.11 Å². The lowest BCUT2D eigenvalue weighted by Gasteiger charge is -2.13. The number of rotatable bonds is 5. The maximum Gasteiger partial charge on any atom is 0.137 e. The van der Waals surface area contributed by atoms with Gasteiger partial charge in [0.25, 0.3) is 0 Å². The molecule has 0 radical (unpaired) electrons. The molecule has 0 spiro atoms. The molecular weight excluding hydrogens is 240 g/mol. The summed E-state index contributed by atoms with van der Waals surface area (Å²) in [5.41, 5.74) is 0.773. The van der Waals surface area contributed by atoms with E-state index in [4.69, 9.17) is 9.15 Å². The molecule has 3 nitrogen and oxygen atoms in total. The van der Waals surface area contributed by atoms with Crippen LogP contribution >= 0.6 is 0 Å². The van der Waals surface area contributed by atoms with Gasteiger partial charge in [-0.3, -0.25) is 0 Å². The highest BCUT2D eigenvalue weighted by Crippen LogP contribution is 2.27. The molecule has 1 aromatic carbocycles.